The lowest BCUT2D eigenvalue weighted by atomic mass is 10.2. The summed E-state index contributed by atoms with van der Waals surface area (Å²) in [5, 5.41) is 13.4. The molecule has 0 bridgehead atoms. The molecule has 11 heteroatoms. The van der Waals surface area contributed by atoms with E-state index in [1.54, 1.807) is 30.3 Å². The van der Waals surface area contributed by atoms with E-state index in [4.69, 9.17) is 4.74 Å². The third-order valence-electron chi connectivity index (χ3n) is 5.17. The molecule has 4 rings (SSSR count). The van der Waals surface area contributed by atoms with Crippen LogP contribution < -0.4 is 10.1 Å². The number of hydrogen-bond acceptors (Lipinski definition) is 7. The van der Waals surface area contributed by atoms with Crippen molar-refractivity contribution in [3.05, 3.63) is 89.0 Å². The number of carbonyl (C=O) groups is 2. The van der Waals surface area contributed by atoms with Gasteiger partial charge in [-0.3, -0.25) is 19.7 Å². The number of hydrogen-bond donors (Lipinski definition) is 1. The number of nitrogens with one attached hydrogen (secondary N) is 1. The third kappa shape index (κ3) is 4.74. The number of ether oxygens (including phenoxy) is 1. The molecule has 174 valence electrons. The van der Waals surface area contributed by atoms with Crippen molar-refractivity contribution in [1.82, 2.24) is 4.31 Å². The van der Waals surface area contributed by atoms with Gasteiger partial charge in [0.1, 0.15) is 17.5 Å². The smallest absolute Gasteiger partial charge is 0.269 e. The van der Waals surface area contributed by atoms with Gasteiger partial charge in [-0.15, -0.1) is 0 Å². The maximum absolute atomic E-state index is 13.2. The Labute approximate surface area is 195 Å². The van der Waals surface area contributed by atoms with Crippen molar-refractivity contribution < 1.29 is 27.7 Å². The van der Waals surface area contributed by atoms with E-state index in [0.29, 0.717) is 21.5 Å². The van der Waals surface area contributed by atoms with Crippen LogP contribution in [0.5, 0.6) is 11.5 Å². The van der Waals surface area contributed by atoms with Crippen LogP contribution in [0.3, 0.4) is 0 Å². The summed E-state index contributed by atoms with van der Waals surface area (Å²) < 4.78 is 32.6. The van der Waals surface area contributed by atoms with Gasteiger partial charge in [0.15, 0.2) is 0 Å². The summed E-state index contributed by atoms with van der Waals surface area (Å²) in [4.78, 5) is 35.2. The molecule has 1 saturated heterocycles. The Hall–Kier alpha value is -4.25. The number of sulfonamides is 1. The Morgan fingerprint density at radius 3 is 2.15 bits per heavy atom. The van der Waals surface area contributed by atoms with Gasteiger partial charge < -0.3 is 10.1 Å². The molecule has 1 aliphatic heterocycles. The number of para-hydroxylation sites is 1. The van der Waals surface area contributed by atoms with Crippen LogP contribution in [0.2, 0.25) is 0 Å². The highest BCUT2D eigenvalue weighted by molar-refractivity contribution is 7.89. The molecule has 3 aromatic carbocycles. The highest BCUT2D eigenvalue weighted by Crippen LogP contribution is 2.30. The summed E-state index contributed by atoms with van der Waals surface area (Å²) in [5.74, 6) is -0.620. The van der Waals surface area contributed by atoms with Gasteiger partial charge in [0.05, 0.1) is 9.82 Å². The normalized spacial score (nSPS) is 15.7. The van der Waals surface area contributed by atoms with Crippen molar-refractivity contribution in [3.63, 3.8) is 0 Å². The van der Waals surface area contributed by atoms with E-state index in [1.165, 1.54) is 48.5 Å². The summed E-state index contributed by atoms with van der Waals surface area (Å²) in [6.07, 6.45) is 0.0194. The number of benzene rings is 3. The molecule has 10 nitrogen and oxygen atoms in total. The minimum atomic E-state index is -4.29. The molecule has 1 N–H and O–H groups in total. The van der Waals surface area contributed by atoms with Crippen LogP contribution in [-0.4, -0.2) is 35.5 Å². The fourth-order valence-corrected chi connectivity index (χ4v) is 5.12. The van der Waals surface area contributed by atoms with E-state index in [-0.39, 0.29) is 23.4 Å². The lowest BCUT2D eigenvalue weighted by Crippen LogP contribution is -2.45. The molecule has 1 aliphatic rings. The van der Waals surface area contributed by atoms with Crippen molar-refractivity contribution in [2.75, 3.05) is 5.32 Å². The van der Waals surface area contributed by atoms with E-state index >= 15 is 0 Å². The van der Waals surface area contributed by atoms with Crippen LogP contribution in [-0.2, 0) is 19.6 Å². The molecule has 1 unspecified atom stereocenters. The molecule has 0 aliphatic carbocycles. The van der Waals surface area contributed by atoms with Gasteiger partial charge in [-0.05, 0) is 55.0 Å². The molecule has 2 amide bonds. The van der Waals surface area contributed by atoms with Crippen LogP contribution >= 0.6 is 0 Å². The number of rotatable bonds is 7. The van der Waals surface area contributed by atoms with Crippen LogP contribution in [0.25, 0.3) is 0 Å². The zero-order valence-electron chi connectivity index (χ0n) is 17.7. The van der Waals surface area contributed by atoms with Crippen LogP contribution in [0, 0.1) is 10.1 Å². The van der Waals surface area contributed by atoms with Gasteiger partial charge in [-0.25, -0.2) is 12.7 Å². The average Bonchev–Trinajstić information content (AvgIpc) is 3.23. The van der Waals surface area contributed by atoms with Crippen molar-refractivity contribution in [2.24, 2.45) is 0 Å². The molecule has 0 aromatic heterocycles. The summed E-state index contributed by atoms with van der Waals surface area (Å²) in [6.45, 7) is 0. The first-order valence-electron chi connectivity index (χ1n) is 10.2. The molecule has 0 saturated carbocycles. The zero-order chi connectivity index (χ0) is 24.3. The second-order valence-corrected chi connectivity index (χ2v) is 9.24. The van der Waals surface area contributed by atoms with Crippen LogP contribution in [0.4, 0.5) is 11.4 Å². The predicted molar refractivity (Wildman–Crippen MR) is 122 cm³/mol. The van der Waals surface area contributed by atoms with Gasteiger partial charge in [0, 0.05) is 24.2 Å². The molecular formula is C23H19N3O7S. The highest BCUT2D eigenvalue weighted by Gasteiger charge is 2.44. The van der Waals surface area contributed by atoms with E-state index in [1.807, 2.05) is 0 Å². The maximum atomic E-state index is 13.2. The second-order valence-electron chi connectivity index (χ2n) is 7.43. The first kappa shape index (κ1) is 22.9. The molecule has 1 fully saturated rings. The van der Waals surface area contributed by atoms with E-state index < -0.39 is 32.8 Å². The fourth-order valence-electron chi connectivity index (χ4n) is 3.51. The Bertz CT molecular complexity index is 1330. The summed E-state index contributed by atoms with van der Waals surface area (Å²) in [5.41, 5.74) is 0.409. The number of nitro groups is 1. The summed E-state index contributed by atoms with van der Waals surface area (Å²) >= 11 is 0. The summed E-state index contributed by atoms with van der Waals surface area (Å²) in [6, 6.07) is 18.1. The van der Waals surface area contributed by atoms with E-state index in [0.717, 1.165) is 0 Å². The van der Waals surface area contributed by atoms with Crippen LogP contribution in [0.1, 0.15) is 12.8 Å². The molecule has 0 spiro atoms. The summed E-state index contributed by atoms with van der Waals surface area (Å²) in [7, 11) is -4.29. The minimum absolute atomic E-state index is 0.0621. The SMILES string of the molecule is O=C(Nc1ccccc1)C1CCC(=O)N1S(=O)(=O)c1ccc(Oc2ccc([N+](=O)[O-])cc2)cc1. The molecule has 1 heterocycles. The Morgan fingerprint density at radius 1 is 0.971 bits per heavy atom. The van der Waals surface area contributed by atoms with E-state index in [2.05, 4.69) is 5.32 Å². The van der Waals surface area contributed by atoms with E-state index in [9.17, 15) is 28.1 Å². The number of nitrogens with zero attached hydrogens (tertiary/aromatic N) is 2. The van der Waals surface area contributed by atoms with Gasteiger partial charge in [-0.2, -0.15) is 0 Å². The Kier molecular flexibility index (Phi) is 6.28. The quantitative estimate of drug-likeness (QED) is 0.401. The molecular weight excluding hydrogens is 462 g/mol. The van der Waals surface area contributed by atoms with Gasteiger partial charge >= 0.3 is 0 Å². The second kappa shape index (κ2) is 9.32. The Balaban J connectivity index is 1.51. The highest BCUT2D eigenvalue weighted by atomic mass is 32.2. The largest absolute Gasteiger partial charge is 0.457 e. The lowest BCUT2D eigenvalue weighted by Gasteiger charge is -2.23. The molecule has 1 atom stereocenters. The first-order valence-corrected chi connectivity index (χ1v) is 11.7. The standard InChI is InChI=1S/C23H19N3O7S/c27-22-15-14-21(23(28)24-16-4-2-1-3-5-16)25(22)34(31,32)20-12-10-19(11-13-20)33-18-8-6-17(7-9-18)26(29)30/h1-13,21H,14-15H2,(H,24,28). The number of nitro benzene ring substituents is 1. The zero-order valence-corrected chi connectivity index (χ0v) is 18.5. The maximum Gasteiger partial charge on any atom is 0.269 e. The fraction of sp³-hybridized carbons (Fsp3) is 0.130. The molecule has 3 aromatic rings. The van der Waals surface area contributed by atoms with Crippen molar-refractivity contribution in [1.29, 1.82) is 0 Å². The third-order valence-corrected chi connectivity index (χ3v) is 7.01. The van der Waals surface area contributed by atoms with Crippen molar-refractivity contribution in [3.8, 4) is 11.5 Å². The van der Waals surface area contributed by atoms with Crippen molar-refractivity contribution in [2.45, 2.75) is 23.8 Å². The Morgan fingerprint density at radius 2 is 1.56 bits per heavy atom. The average molecular weight is 481 g/mol. The topological polar surface area (TPSA) is 136 Å². The number of anilines is 1. The number of carbonyl (C=O) groups excluding carboxylic acids is 2. The molecule has 34 heavy (non-hydrogen) atoms. The minimum Gasteiger partial charge on any atom is -0.457 e. The molecule has 0 radical (unpaired) electrons. The van der Waals surface area contributed by atoms with Crippen molar-refractivity contribution >= 4 is 33.2 Å². The van der Waals surface area contributed by atoms with Gasteiger partial charge in [0.2, 0.25) is 11.8 Å². The lowest BCUT2D eigenvalue weighted by molar-refractivity contribution is -0.384. The predicted octanol–water partition coefficient (Wildman–Crippen LogP) is 3.71. The monoisotopic (exact) mass is 481 g/mol. The number of non-ortho nitro benzene ring substituents is 1. The van der Waals surface area contributed by atoms with Gasteiger partial charge in [0.25, 0.3) is 15.7 Å². The first-order chi connectivity index (χ1) is 16.3. The van der Waals surface area contributed by atoms with Crippen LogP contribution in [0.15, 0.2) is 83.8 Å². The van der Waals surface area contributed by atoms with Gasteiger partial charge in [-0.1, -0.05) is 18.2 Å². The number of amides is 2.